The van der Waals surface area contributed by atoms with Gasteiger partial charge in [0.05, 0.1) is 0 Å². The van der Waals surface area contributed by atoms with Crippen molar-refractivity contribution in [2.24, 2.45) is 0 Å². The molecule has 0 bridgehead atoms. The summed E-state index contributed by atoms with van der Waals surface area (Å²) in [6.45, 7) is 7.55. The van der Waals surface area contributed by atoms with Crippen LogP contribution in [0.5, 0.6) is 5.75 Å². The van der Waals surface area contributed by atoms with E-state index in [4.69, 9.17) is 4.74 Å². The minimum Gasteiger partial charge on any atom is -0.490 e. The summed E-state index contributed by atoms with van der Waals surface area (Å²) in [5.41, 5.74) is 0.649. The molecule has 0 saturated heterocycles. The van der Waals surface area contributed by atoms with Crippen LogP contribution >= 0.6 is 0 Å². The van der Waals surface area contributed by atoms with E-state index in [0.717, 1.165) is 18.4 Å². The van der Waals surface area contributed by atoms with Crippen molar-refractivity contribution in [1.29, 1.82) is 0 Å². The zero-order valence-electron chi connectivity index (χ0n) is 15.9. The maximum atomic E-state index is 14.9. The van der Waals surface area contributed by atoms with E-state index in [1.165, 1.54) is 24.3 Å². The van der Waals surface area contributed by atoms with Crippen LogP contribution in [0.4, 0.5) is 13.2 Å². The van der Waals surface area contributed by atoms with E-state index in [2.05, 4.69) is 13.2 Å². The highest BCUT2D eigenvalue weighted by molar-refractivity contribution is 5.91. The fourth-order valence-electron chi connectivity index (χ4n) is 3.02. The molecule has 0 saturated carbocycles. The lowest BCUT2D eigenvalue weighted by Gasteiger charge is -2.09. The van der Waals surface area contributed by atoms with Crippen LogP contribution in [0.1, 0.15) is 23.1 Å². The molecular formula is C25H21F3O. The van der Waals surface area contributed by atoms with Gasteiger partial charge in [-0.1, -0.05) is 49.1 Å². The predicted octanol–water partition coefficient (Wildman–Crippen LogP) is 7.43. The molecule has 0 atom stereocenters. The Morgan fingerprint density at radius 1 is 0.897 bits per heavy atom. The number of hydrogen-bond donors (Lipinski definition) is 0. The average Bonchev–Trinajstić information content (AvgIpc) is 2.76. The zero-order valence-corrected chi connectivity index (χ0v) is 15.9. The molecule has 1 nitrogen and oxygen atoms in total. The molecule has 3 aromatic carbocycles. The largest absolute Gasteiger partial charge is 0.490 e. The molecule has 0 fully saturated rings. The second kappa shape index (κ2) is 9.28. The number of allylic oxidation sites excluding steroid dienone is 1. The Hall–Kier alpha value is -3.27. The van der Waals surface area contributed by atoms with Gasteiger partial charge >= 0.3 is 0 Å². The number of hydrogen-bond acceptors (Lipinski definition) is 1. The van der Waals surface area contributed by atoms with Gasteiger partial charge in [-0.2, -0.15) is 0 Å². The monoisotopic (exact) mass is 394 g/mol. The Kier molecular flexibility index (Phi) is 6.55. The van der Waals surface area contributed by atoms with Gasteiger partial charge < -0.3 is 4.74 Å². The molecule has 0 unspecified atom stereocenters. The Balaban J connectivity index is 1.94. The van der Waals surface area contributed by atoms with Gasteiger partial charge in [-0.15, -0.1) is 6.58 Å². The molecule has 0 amide bonds. The molecule has 0 aliphatic rings. The average molecular weight is 394 g/mol. The van der Waals surface area contributed by atoms with E-state index in [1.54, 1.807) is 42.5 Å². The Labute approximate surface area is 168 Å². The molecule has 3 aromatic rings. The van der Waals surface area contributed by atoms with Gasteiger partial charge in [0.25, 0.3) is 0 Å². The van der Waals surface area contributed by atoms with Crippen LogP contribution in [-0.4, -0.2) is 6.61 Å². The third kappa shape index (κ3) is 4.60. The molecule has 0 spiro atoms. The normalized spacial score (nSPS) is 11.8. The topological polar surface area (TPSA) is 9.23 Å². The third-order valence-electron chi connectivity index (χ3n) is 4.57. The van der Waals surface area contributed by atoms with Crippen LogP contribution < -0.4 is 4.74 Å². The Bertz CT molecular complexity index is 1070. The second-order valence-corrected chi connectivity index (χ2v) is 6.56. The van der Waals surface area contributed by atoms with Gasteiger partial charge in [0, 0.05) is 16.5 Å². The van der Waals surface area contributed by atoms with E-state index in [1.807, 2.05) is 0 Å². The molecule has 0 aliphatic heterocycles. The molecule has 4 heteroatoms. The van der Waals surface area contributed by atoms with E-state index >= 15 is 0 Å². The number of ether oxygens (including phenoxy) is 1. The lowest BCUT2D eigenvalue weighted by Crippen LogP contribution is -1.94. The maximum Gasteiger partial charge on any atom is 0.169 e. The van der Waals surface area contributed by atoms with Gasteiger partial charge in [0.2, 0.25) is 0 Å². The summed E-state index contributed by atoms with van der Waals surface area (Å²) in [4.78, 5) is 0. The first-order valence-electron chi connectivity index (χ1n) is 9.27. The summed E-state index contributed by atoms with van der Waals surface area (Å²) in [5, 5.41) is 0.726. The van der Waals surface area contributed by atoms with E-state index in [-0.39, 0.29) is 10.9 Å². The summed E-state index contributed by atoms with van der Waals surface area (Å²) >= 11 is 0. The minimum absolute atomic E-state index is 0.0672. The first-order valence-corrected chi connectivity index (χ1v) is 9.27. The molecule has 0 radical (unpaired) electrons. The molecule has 0 aliphatic carbocycles. The highest BCUT2D eigenvalue weighted by Gasteiger charge is 2.17. The number of halogens is 3. The van der Waals surface area contributed by atoms with Crippen LogP contribution in [0.25, 0.3) is 22.4 Å². The number of fused-ring (bicyclic) bond motifs is 1. The molecule has 0 aromatic heterocycles. The van der Waals surface area contributed by atoms with Crippen LogP contribution in [0.3, 0.4) is 0 Å². The lowest BCUT2D eigenvalue weighted by molar-refractivity contribution is 0.364. The van der Waals surface area contributed by atoms with Crippen molar-refractivity contribution in [3.8, 4) is 5.75 Å². The minimum atomic E-state index is -1.23. The van der Waals surface area contributed by atoms with Crippen LogP contribution in [-0.2, 0) is 6.42 Å². The highest BCUT2D eigenvalue weighted by atomic mass is 19.2. The number of rotatable bonds is 8. The molecule has 148 valence electrons. The summed E-state index contributed by atoms with van der Waals surface area (Å²) in [6, 6.07) is 13.9. The van der Waals surface area contributed by atoms with Crippen molar-refractivity contribution in [3.63, 3.8) is 0 Å². The van der Waals surface area contributed by atoms with Crippen molar-refractivity contribution >= 4 is 22.4 Å². The lowest BCUT2D eigenvalue weighted by atomic mass is 10.0. The van der Waals surface area contributed by atoms with E-state index in [0.29, 0.717) is 17.7 Å². The van der Waals surface area contributed by atoms with Gasteiger partial charge in [-0.3, -0.25) is 0 Å². The van der Waals surface area contributed by atoms with Crippen LogP contribution in [0.2, 0.25) is 0 Å². The first-order chi connectivity index (χ1) is 14.0. The summed E-state index contributed by atoms with van der Waals surface area (Å²) in [7, 11) is 0. The Morgan fingerprint density at radius 3 is 2.34 bits per heavy atom. The van der Waals surface area contributed by atoms with Gasteiger partial charge in [-0.05, 0) is 48.1 Å². The second-order valence-electron chi connectivity index (χ2n) is 6.56. The quantitative estimate of drug-likeness (QED) is 0.285. The standard InChI is InChI=1S/C25H21F3O/c1-3-5-6-17-7-9-18(10-8-17)23(26)25(28)22-13-11-19-16-20(29-15-4-2)12-14-21(19)24(22)27/h3-4,7-14,16H,1-2,5-6,15H2. The van der Waals surface area contributed by atoms with Gasteiger partial charge in [0.1, 0.15) is 18.2 Å². The van der Waals surface area contributed by atoms with Crippen LogP contribution in [0, 0.1) is 5.82 Å². The first kappa shape index (κ1) is 20.5. The zero-order chi connectivity index (χ0) is 20.8. The number of aryl methyl sites for hydroxylation is 1. The molecular weight excluding hydrogens is 373 g/mol. The molecule has 0 heterocycles. The van der Waals surface area contributed by atoms with Crippen molar-refractivity contribution in [1.82, 2.24) is 0 Å². The highest BCUT2D eigenvalue weighted by Crippen LogP contribution is 2.34. The van der Waals surface area contributed by atoms with E-state index < -0.39 is 23.0 Å². The fraction of sp³-hybridized carbons (Fsp3) is 0.120. The van der Waals surface area contributed by atoms with Crippen LogP contribution in [0.15, 0.2) is 79.9 Å². The van der Waals surface area contributed by atoms with Gasteiger partial charge in [0.15, 0.2) is 11.7 Å². The predicted molar refractivity (Wildman–Crippen MR) is 114 cm³/mol. The van der Waals surface area contributed by atoms with Crippen molar-refractivity contribution < 1.29 is 17.9 Å². The Morgan fingerprint density at radius 2 is 1.66 bits per heavy atom. The molecule has 29 heavy (non-hydrogen) atoms. The third-order valence-corrected chi connectivity index (χ3v) is 4.57. The molecule has 3 rings (SSSR count). The summed E-state index contributed by atoms with van der Waals surface area (Å²) in [5.74, 6) is -2.59. The number of benzene rings is 3. The van der Waals surface area contributed by atoms with Gasteiger partial charge in [-0.25, -0.2) is 13.2 Å². The fourth-order valence-corrected chi connectivity index (χ4v) is 3.02. The smallest absolute Gasteiger partial charge is 0.169 e. The van der Waals surface area contributed by atoms with E-state index in [9.17, 15) is 13.2 Å². The van der Waals surface area contributed by atoms with Crippen molar-refractivity contribution in [2.45, 2.75) is 12.8 Å². The van der Waals surface area contributed by atoms with Crippen molar-refractivity contribution in [2.75, 3.05) is 6.61 Å². The summed E-state index contributed by atoms with van der Waals surface area (Å²) < 4.78 is 49.7. The van der Waals surface area contributed by atoms with Crippen molar-refractivity contribution in [3.05, 3.63) is 102 Å². The summed E-state index contributed by atoms with van der Waals surface area (Å²) in [6.07, 6.45) is 4.97. The molecule has 0 N–H and O–H groups in total. The maximum absolute atomic E-state index is 14.9. The SMILES string of the molecule is C=CCCc1ccc(C(F)=C(F)c2ccc3cc(OCC=C)ccc3c2F)cc1.